The van der Waals surface area contributed by atoms with Crippen LogP contribution in [0.1, 0.15) is 100 Å². The van der Waals surface area contributed by atoms with E-state index in [1.54, 1.807) is 13.8 Å². The Kier molecular flexibility index (Phi) is 32.3. The zero-order valence-electron chi connectivity index (χ0n) is 15.2. The molecule has 0 aliphatic rings. The largest absolute Gasteiger partial charge is 0.300 e. The number of thiol groups is 2. The summed E-state index contributed by atoms with van der Waals surface area (Å²) in [5.41, 5.74) is 0. The highest BCUT2D eigenvalue weighted by atomic mass is 33.1. The van der Waals surface area contributed by atoms with Gasteiger partial charge in [-0.15, -0.1) is 0 Å². The van der Waals surface area contributed by atoms with Gasteiger partial charge in [0.2, 0.25) is 0 Å². The third kappa shape index (κ3) is 29.0. The molecule has 0 radical (unpaired) electrons. The van der Waals surface area contributed by atoms with Crippen molar-refractivity contribution in [1.29, 1.82) is 0 Å². The molecule has 0 saturated carbocycles. The van der Waals surface area contributed by atoms with E-state index in [0.717, 1.165) is 62.9 Å². The minimum Gasteiger partial charge on any atom is -0.300 e. The highest BCUT2D eigenvalue weighted by Crippen LogP contribution is 2.27. The lowest BCUT2D eigenvalue weighted by atomic mass is 10.1. The normalized spacial score (nSPS) is 12.1. The van der Waals surface area contributed by atoms with Gasteiger partial charge in [0.15, 0.2) is 0 Å². The lowest BCUT2D eigenvalue weighted by Gasteiger charge is -2.11. The number of carbonyl (C=O) groups is 2. The standard InChI is InChI=1S/C18H34O2S4.3CH4/c1-15(19)7-3-5-9-17(21)11-13-23-24-14-12-18(22)10-6-4-8-16(2)20;;;/h17-18,21-22H,3-14H2,1-2H3;3*1H4. The number of rotatable bonds is 17. The molecule has 0 N–H and O–H groups in total. The first-order valence-corrected chi connectivity index (χ1v) is 12.5. The van der Waals surface area contributed by atoms with Crippen molar-refractivity contribution in [2.24, 2.45) is 0 Å². The number of carbonyl (C=O) groups excluding carboxylic acids is 2. The predicted octanol–water partition coefficient (Wildman–Crippen LogP) is 7.95. The molecule has 6 heteroatoms. The number of hydrogen-bond donors (Lipinski definition) is 2. The maximum atomic E-state index is 10.9. The summed E-state index contributed by atoms with van der Waals surface area (Å²) in [4.78, 5) is 21.7. The topological polar surface area (TPSA) is 34.1 Å². The number of hydrogen-bond acceptors (Lipinski definition) is 6. The fourth-order valence-corrected chi connectivity index (χ4v) is 5.54. The second kappa shape index (κ2) is 24.8. The molecule has 0 rings (SSSR count). The Labute approximate surface area is 189 Å². The van der Waals surface area contributed by atoms with Crippen molar-refractivity contribution in [1.82, 2.24) is 0 Å². The Morgan fingerprint density at radius 2 is 1.00 bits per heavy atom. The summed E-state index contributed by atoms with van der Waals surface area (Å²) >= 11 is 9.26. The van der Waals surface area contributed by atoms with E-state index in [4.69, 9.17) is 0 Å². The molecule has 0 aromatic carbocycles. The van der Waals surface area contributed by atoms with Gasteiger partial charge in [0.05, 0.1) is 0 Å². The van der Waals surface area contributed by atoms with Crippen LogP contribution in [0.5, 0.6) is 0 Å². The van der Waals surface area contributed by atoms with E-state index in [9.17, 15) is 9.59 Å². The smallest absolute Gasteiger partial charge is 0.129 e. The van der Waals surface area contributed by atoms with Crippen LogP contribution >= 0.6 is 46.8 Å². The summed E-state index contributed by atoms with van der Waals surface area (Å²) in [6.45, 7) is 3.32. The van der Waals surface area contributed by atoms with Crippen molar-refractivity contribution in [2.45, 2.75) is 111 Å². The first-order valence-electron chi connectivity index (χ1n) is 9.01. The molecule has 166 valence electrons. The summed E-state index contributed by atoms with van der Waals surface area (Å²) in [7, 11) is 3.87. The predicted molar refractivity (Wildman–Crippen MR) is 138 cm³/mol. The highest BCUT2D eigenvalue weighted by molar-refractivity contribution is 8.76. The van der Waals surface area contributed by atoms with Crippen LogP contribution < -0.4 is 0 Å². The molecule has 0 aromatic heterocycles. The summed E-state index contributed by atoms with van der Waals surface area (Å²) < 4.78 is 0. The monoisotopic (exact) mass is 458 g/mol. The van der Waals surface area contributed by atoms with Crippen molar-refractivity contribution < 1.29 is 9.59 Å². The van der Waals surface area contributed by atoms with Gasteiger partial charge < -0.3 is 9.59 Å². The molecule has 2 unspecified atom stereocenters. The molecule has 0 aliphatic heterocycles. The molecule has 2 atom stereocenters. The van der Waals surface area contributed by atoms with Gasteiger partial charge in [0.25, 0.3) is 0 Å². The SMILES string of the molecule is C.C.C.CC(=O)CCCCC(S)CCSSCCC(S)CCCCC(C)=O. The first kappa shape index (κ1) is 35.2. The third-order valence-electron chi connectivity index (χ3n) is 3.78. The summed E-state index contributed by atoms with van der Waals surface area (Å²) in [5, 5.41) is 0.924. The van der Waals surface area contributed by atoms with Crippen LogP contribution in [-0.4, -0.2) is 33.6 Å². The van der Waals surface area contributed by atoms with Crippen molar-refractivity contribution in [3.05, 3.63) is 0 Å². The van der Waals surface area contributed by atoms with Crippen molar-refractivity contribution in [3.8, 4) is 0 Å². The van der Waals surface area contributed by atoms with Crippen LogP contribution in [0.3, 0.4) is 0 Å². The van der Waals surface area contributed by atoms with Gasteiger partial charge in [-0.25, -0.2) is 0 Å². The van der Waals surface area contributed by atoms with Gasteiger partial charge in [-0.2, -0.15) is 25.3 Å². The average molecular weight is 459 g/mol. The van der Waals surface area contributed by atoms with Gasteiger partial charge in [0.1, 0.15) is 11.6 Å². The van der Waals surface area contributed by atoms with E-state index < -0.39 is 0 Å². The molecule has 0 spiro atoms. The first-order chi connectivity index (χ1) is 11.4. The molecule has 27 heavy (non-hydrogen) atoms. The molecule has 0 amide bonds. The lowest BCUT2D eigenvalue weighted by Crippen LogP contribution is -2.02. The molecule has 0 fully saturated rings. The Balaban J connectivity index is -0.000000882. The number of unbranched alkanes of at least 4 members (excludes halogenated alkanes) is 2. The van der Waals surface area contributed by atoms with Crippen LogP contribution in [0.4, 0.5) is 0 Å². The quantitative estimate of drug-likeness (QED) is 0.132. The molecule has 0 heterocycles. The van der Waals surface area contributed by atoms with Crippen LogP contribution in [0, 0.1) is 0 Å². The minimum absolute atomic E-state index is 0. The second-order valence-electron chi connectivity index (χ2n) is 6.42. The maximum absolute atomic E-state index is 10.9. The van der Waals surface area contributed by atoms with E-state index in [1.165, 1.54) is 0 Å². The van der Waals surface area contributed by atoms with Crippen molar-refractivity contribution >= 4 is 58.4 Å². The van der Waals surface area contributed by atoms with E-state index in [2.05, 4.69) is 25.3 Å². The van der Waals surface area contributed by atoms with Gasteiger partial charge in [0, 0.05) is 34.8 Å². The molecule has 0 saturated heterocycles. The Hall–Kier alpha value is 0.740. The van der Waals surface area contributed by atoms with E-state index >= 15 is 0 Å². The Morgan fingerprint density at radius 1 is 0.667 bits per heavy atom. The van der Waals surface area contributed by atoms with Gasteiger partial charge in [-0.3, -0.25) is 0 Å². The van der Waals surface area contributed by atoms with Crippen LogP contribution in [0.15, 0.2) is 0 Å². The molecule has 2 nitrogen and oxygen atoms in total. The lowest BCUT2D eigenvalue weighted by molar-refractivity contribution is -0.117. The zero-order valence-corrected chi connectivity index (χ0v) is 18.6. The second-order valence-corrected chi connectivity index (χ2v) is 10.6. The van der Waals surface area contributed by atoms with Crippen LogP contribution in [-0.2, 0) is 9.59 Å². The highest BCUT2D eigenvalue weighted by Gasteiger charge is 2.06. The van der Waals surface area contributed by atoms with Crippen LogP contribution in [0.2, 0.25) is 0 Å². The maximum Gasteiger partial charge on any atom is 0.129 e. The van der Waals surface area contributed by atoms with Gasteiger partial charge in [-0.05, 0) is 52.4 Å². The van der Waals surface area contributed by atoms with Crippen LogP contribution in [0.25, 0.3) is 0 Å². The molecular weight excluding hydrogens is 412 g/mol. The fraction of sp³-hybridized carbons (Fsp3) is 0.905. The van der Waals surface area contributed by atoms with Gasteiger partial charge in [-0.1, -0.05) is 56.7 Å². The molecule has 0 aromatic rings. The fourth-order valence-electron chi connectivity index (χ4n) is 2.28. The molecule has 0 aliphatic carbocycles. The third-order valence-corrected chi connectivity index (χ3v) is 7.29. The number of ketones is 2. The number of Topliss-reactive ketones (excluding diaryl/α,β-unsaturated/α-hetero) is 2. The van der Waals surface area contributed by atoms with Crippen molar-refractivity contribution in [3.63, 3.8) is 0 Å². The summed E-state index contributed by atoms with van der Waals surface area (Å²) in [5.74, 6) is 2.86. The minimum atomic E-state index is 0. The van der Waals surface area contributed by atoms with E-state index in [-0.39, 0.29) is 22.3 Å². The molecular formula is C21H46O2S4. The molecule has 0 bridgehead atoms. The average Bonchev–Trinajstić information content (AvgIpc) is 2.51. The van der Waals surface area contributed by atoms with E-state index in [1.807, 2.05) is 21.6 Å². The summed E-state index contributed by atoms with van der Waals surface area (Å²) in [6, 6.07) is 0. The Bertz CT molecular complexity index is 306. The Morgan fingerprint density at radius 3 is 1.30 bits per heavy atom. The zero-order chi connectivity index (χ0) is 18.2. The van der Waals surface area contributed by atoms with Crippen molar-refractivity contribution in [2.75, 3.05) is 11.5 Å². The van der Waals surface area contributed by atoms with Gasteiger partial charge >= 0.3 is 0 Å². The van der Waals surface area contributed by atoms with E-state index in [0.29, 0.717) is 34.9 Å². The summed E-state index contributed by atoms with van der Waals surface area (Å²) in [6.07, 6.45) is 10.1.